The van der Waals surface area contributed by atoms with E-state index < -0.39 is 5.79 Å². The minimum Gasteiger partial charge on any atom is -0.349 e. The van der Waals surface area contributed by atoms with Gasteiger partial charge < -0.3 is 9.47 Å². The van der Waals surface area contributed by atoms with Crippen molar-refractivity contribution in [2.75, 3.05) is 14.2 Å². The van der Waals surface area contributed by atoms with E-state index in [1.165, 1.54) is 0 Å². The molecule has 15 heavy (non-hydrogen) atoms. The summed E-state index contributed by atoms with van der Waals surface area (Å²) in [6.45, 7) is 0. The van der Waals surface area contributed by atoms with Crippen LogP contribution in [0.25, 0.3) is 0 Å². The molecule has 0 amide bonds. The molecule has 0 N–H and O–H groups in total. The van der Waals surface area contributed by atoms with Crippen LogP contribution in [0.3, 0.4) is 0 Å². The SMILES string of the molecule is COC1(OC)CCC(=O)c2ccccc21. The monoisotopic (exact) mass is 206 g/mol. The maximum Gasteiger partial charge on any atom is 0.195 e. The van der Waals surface area contributed by atoms with Crippen molar-refractivity contribution >= 4 is 5.78 Å². The van der Waals surface area contributed by atoms with E-state index in [2.05, 4.69) is 0 Å². The molecule has 0 saturated heterocycles. The fraction of sp³-hybridized carbons (Fsp3) is 0.417. The van der Waals surface area contributed by atoms with Crippen molar-refractivity contribution in [2.45, 2.75) is 18.6 Å². The molecule has 0 radical (unpaired) electrons. The van der Waals surface area contributed by atoms with Crippen LogP contribution in [0.15, 0.2) is 24.3 Å². The summed E-state index contributed by atoms with van der Waals surface area (Å²) in [6.07, 6.45) is 1.05. The quantitative estimate of drug-likeness (QED) is 0.695. The second kappa shape index (κ2) is 3.76. The molecule has 0 aliphatic heterocycles. The fourth-order valence-corrected chi connectivity index (χ4v) is 2.11. The largest absolute Gasteiger partial charge is 0.349 e. The van der Waals surface area contributed by atoms with Gasteiger partial charge in [0, 0.05) is 38.2 Å². The van der Waals surface area contributed by atoms with E-state index in [4.69, 9.17) is 9.47 Å². The summed E-state index contributed by atoms with van der Waals surface area (Å²) in [4.78, 5) is 11.7. The van der Waals surface area contributed by atoms with E-state index in [0.29, 0.717) is 18.4 Å². The Bertz CT molecular complexity index is 380. The summed E-state index contributed by atoms with van der Waals surface area (Å²) in [6, 6.07) is 7.46. The molecule has 1 aliphatic carbocycles. The van der Waals surface area contributed by atoms with Crippen LogP contribution in [0.5, 0.6) is 0 Å². The predicted molar refractivity (Wildman–Crippen MR) is 55.7 cm³/mol. The number of hydrogen-bond acceptors (Lipinski definition) is 3. The van der Waals surface area contributed by atoms with Gasteiger partial charge >= 0.3 is 0 Å². The van der Waals surface area contributed by atoms with E-state index in [9.17, 15) is 4.79 Å². The van der Waals surface area contributed by atoms with Gasteiger partial charge in [0.05, 0.1) is 0 Å². The molecule has 0 spiro atoms. The topological polar surface area (TPSA) is 35.5 Å². The van der Waals surface area contributed by atoms with Crippen LogP contribution in [-0.4, -0.2) is 20.0 Å². The predicted octanol–water partition coefficient (Wildman–Crippen LogP) is 2.11. The van der Waals surface area contributed by atoms with E-state index >= 15 is 0 Å². The average Bonchev–Trinajstić information content (AvgIpc) is 2.31. The average molecular weight is 206 g/mol. The highest BCUT2D eigenvalue weighted by Gasteiger charge is 2.39. The maximum absolute atomic E-state index is 11.7. The minimum absolute atomic E-state index is 0.162. The number of ether oxygens (including phenoxy) is 2. The smallest absolute Gasteiger partial charge is 0.195 e. The molecule has 80 valence electrons. The van der Waals surface area contributed by atoms with E-state index in [1.807, 2.05) is 24.3 Å². The van der Waals surface area contributed by atoms with Crippen LogP contribution in [0, 0.1) is 0 Å². The van der Waals surface area contributed by atoms with Crippen LogP contribution in [0.4, 0.5) is 0 Å². The van der Waals surface area contributed by atoms with Gasteiger partial charge in [-0.1, -0.05) is 24.3 Å². The highest BCUT2D eigenvalue weighted by Crippen LogP contribution is 2.38. The van der Waals surface area contributed by atoms with Crippen molar-refractivity contribution in [3.63, 3.8) is 0 Å². The first-order valence-electron chi connectivity index (χ1n) is 4.96. The normalized spacial score (nSPS) is 18.7. The Morgan fingerprint density at radius 1 is 1.20 bits per heavy atom. The first-order valence-corrected chi connectivity index (χ1v) is 4.96. The Morgan fingerprint density at radius 2 is 1.87 bits per heavy atom. The molecule has 0 bridgehead atoms. The zero-order valence-corrected chi connectivity index (χ0v) is 8.95. The Labute approximate surface area is 89.0 Å². The van der Waals surface area contributed by atoms with Crippen LogP contribution >= 0.6 is 0 Å². The van der Waals surface area contributed by atoms with E-state index in [0.717, 1.165) is 5.56 Å². The lowest BCUT2D eigenvalue weighted by atomic mass is 9.85. The van der Waals surface area contributed by atoms with Gasteiger partial charge in [-0.25, -0.2) is 0 Å². The van der Waals surface area contributed by atoms with Crippen molar-refractivity contribution in [1.82, 2.24) is 0 Å². The van der Waals surface area contributed by atoms with Crippen LogP contribution in [0.2, 0.25) is 0 Å². The number of Topliss-reactive ketones (excluding diaryl/α,β-unsaturated/α-hetero) is 1. The van der Waals surface area contributed by atoms with Gasteiger partial charge in [0.2, 0.25) is 0 Å². The van der Waals surface area contributed by atoms with Crippen LogP contribution < -0.4 is 0 Å². The molecule has 0 aromatic heterocycles. The molecular weight excluding hydrogens is 192 g/mol. The van der Waals surface area contributed by atoms with Gasteiger partial charge in [-0.2, -0.15) is 0 Å². The summed E-state index contributed by atoms with van der Waals surface area (Å²) in [7, 11) is 3.21. The zero-order valence-electron chi connectivity index (χ0n) is 8.95. The van der Waals surface area contributed by atoms with Crippen LogP contribution in [-0.2, 0) is 15.3 Å². The number of hydrogen-bond donors (Lipinski definition) is 0. The number of ketones is 1. The van der Waals surface area contributed by atoms with E-state index in [1.54, 1.807) is 14.2 Å². The van der Waals surface area contributed by atoms with Crippen LogP contribution in [0.1, 0.15) is 28.8 Å². The maximum atomic E-state index is 11.7. The standard InChI is InChI=1S/C12H14O3/c1-14-12(15-2)8-7-11(13)9-5-3-4-6-10(9)12/h3-6H,7-8H2,1-2H3. The molecule has 0 atom stereocenters. The number of carbonyl (C=O) groups is 1. The number of fused-ring (bicyclic) bond motifs is 1. The van der Waals surface area contributed by atoms with Crippen molar-refractivity contribution in [2.24, 2.45) is 0 Å². The highest BCUT2D eigenvalue weighted by atomic mass is 16.7. The summed E-state index contributed by atoms with van der Waals surface area (Å²) < 4.78 is 10.9. The van der Waals surface area contributed by atoms with Gasteiger partial charge in [0.25, 0.3) is 0 Å². The fourth-order valence-electron chi connectivity index (χ4n) is 2.11. The molecule has 0 fully saturated rings. The van der Waals surface area contributed by atoms with Gasteiger partial charge in [0.1, 0.15) is 0 Å². The molecular formula is C12H14O3. The molecule has 1 aliphatic rings. The molecule has 1 aromatic carbocycles. The molecule has 3 heteroatoms. The Hall–Kier alpha value is -1.19. The van der Waals surface area contributed by atoms with Crippen molar-refractivity contribution in [3.05, 3.63) is 35.4 Å². The first kappa shape index (κ1) is 10.3. The van der Waals surface area contributed by atoms with Gasteiger partial charge in [0.15, 0.2) is 11.6 Å². The molecule has 0 unspecified atom stereocenters. The van der Waals surface area contributed by atoms with Crippen molar-refractivity contribution in [3.8, 4) is 0 Å². The lowest BCUT2D eigenvalue weighted by Crippen LogP contribution is -2.36. The molecule has 1 aromatic rings. The third-order valence-electron chi connectivity index (χ3n) is 2.98. The summed E-state index contributed by atoms with van der Waals surface area (Å²) in [5, 5.41) is 0. The second-order valence-corrected chi connectivity index (χ2v) is 3.63. The lowest BCUT2D eigenvalue weighted by molar-refractivity contribution is -0.221. The van der Waals surface area contributed by atoms with Crippen molar-refractivity contribution in [1.29, 1.82) is 0 Å². The zero-order chi connectivity index (χ0) is 10.9. The molecule has 2 rings (SSSR count). The third kappa shape index (κ3) is 1.48. The Kier molecular flexibility index (Phi) is 2.59. The highest BCUT2D eigenvalue weighted by molar-refractivity contribution is 5.98. The summed E-state index contributed by atoms with van der Waals surface area (Å²) in [5.74, 6) is -0.583. The molecule has 0 saturated carbocycles. The Balaban J connectivity index is 2.57. The number of benzene rings is 1. The second-order valence-electron chi connectivity index (χ2n) is 3.63. The lowest BCUT2D eigenvalue weighted by Gasteiger charge is -2.35. The van der Waals surface area contributed by atoms with E-state index in [-0.39, 0.29) is 5.78 Å². The summed E-state index contributed by atoms with van der Waals surface area (Å²) >= 11 is 0. The van der Waals surface area contributed by atoms with Crippen molar-refractivity contribution < 1.29 is 14.3 Å². The summed E-state index contributed by atoms with van der Waals surface area (Å²) in [5.41, 5.74) is 1.55. The molecule has 0 heterocycles. The third-order valence-corrected chi connectivity index (χ3v) is 2.98. The number of carbonyl (C=O) groups excluding carboxylic acids is 1. The van der Waals surface area contributed by atoms with Gasteiger partial charge in [-0.15, -0.1) is 0 Å². The minimum atomic E-state index is -0.746. The number of methoxy groups -OCH3 is 2. The van der Waals surface area contributed by atoms with Gasteiger partial charge in [-0.05, 0) is 0 Å². The molecule has 3 nitrogen and oxygen atoms in total. The Morgan fingerprint density at radius 3 is 2.53 bits per heavy atom. The number of rotatable bonds is 2. The first-order chi connectivity index (χ1) is 7.23. The van der Waals surface area contributed by atoms with Gasteiger partial charge in [-0.3, -0.25) is 4.79 Å².